The number of hydrogen-bond donors (Lipinski definition) is 8. The fourth-order valence-corrected chi connectivity index (χ4v) is 3.72. The summed E-state index contributed by atoms with van der Waals surface area (Å²) in [5.41, 5.74) is 5.42. The van der Waals surface area contributed by atoms with E-state index in [1.807, 2.05) is 0 Å². The molecule has 0 aromatic heterocycles. The maximum absolute atomic E-state index is 12.8. The smallest absolute Gasteiger partial charge is 0.469 e. The minimum absolute atomic E-state index is 0.164. The van der Waals surface area contributed by atoms with Gasteiger partial charge in [-0.25, -0.2) is 9.36 Å². The lowest BCUT2D eigenvalue weighted by atomic mass is 10.2. The van der Waals surface area contributed by atoms with E-state index < -0.39 is 86.2 Å². The van der Waals surface area contributed by atoms with Crippen molar-refractivity contribution in [3.63, 3.8) is 0 Å². The molecule has 1 saturated heterocycles. The molecule has 17 nitrogen and oxygen atoms in total. The summed E-state index contributed by atoms with van der Waals surface area (Å²) in [6.45, 7) is 4.45. The zero-order valence-electron chi connectivity index (χ0n) is 21.4. The quantitative estimate of drug-likeness (QED) is 0.101. The molecule has 1 aliphatic heterocycles. The van der Waals surface area contributed by atoms with Crippen LogP contribution in [0.4, 0.5) is 0 Å². The number of carboxylic acids is 1. The van der Waals surface area contributed by atoms with Crippen LogP contribution in [-0.4, -0.2) is 105 Å². The van der Waals surface area contributed by atoms with Crippen molar-refractivity contribution in [2.45, 2.75) is 76.8 Å². The van der Waals surface area contributed by atoms with Crippen LogP contribution in [0.25, 0.3) is 0 Å². The van der Waals surface area contributed by atoms with E-state index in [4.69, 9.17) is 15.5 Å². The van der Waals surface area contributed by atoms with Crippen LogP contribution >= 0.6 is 7.82 Å². The average molecular weight is 567 g/mol. The van der Waals surface area contributed by atoms with E-state index >= 15 is 0 Å². The van der Waals surface area contributed by atoms with Gasteiger partial charge in [-0.3, -0.25) is 28.5 Å². The molecule has 0 saturated carbocycles. The molecule has 5 amide bonds. The molecule has 0 bridgehead atoms. The molecule has 0 radical (unpaired) electrons. The third-order valence-electron chi connectivity index (χ3n) is 5.51. The Morgan fingerprint density at radius 2 is 1.39 bits per heavy atom. The number of rotatable bonds is 13. The van der Waals surface area contributed by atoms with Crippen molar-refractivity contribution in [3.8, 4) is 0 Å². The van der Waals surface area contributed by atoms with Crippen molar-refractivity contribution >= 4 is 43.3 Å². The lowest BCUT2D eigenvalue weighted by Crippen LogP contribution is -2.58. The molecule has 9 N–H and O–H groups in total. The van der Waals surface area contributed by atoms with Crippen molar-refractivity contribution in [3.05, 3.63) is 0 Å². The van der Waals surface area contributed by atoms with Gasteiger partial charge in [-0.05, 0) is 40.5 Å². The predicted molar refractivity (Wildman–Crippen MR) is 129 cm³/mol. The Labute approximate surface area is 218 Å². The van der Waals surface area contributed by atoms with Crippen LogP contribution in [0, 0.1) is 0 Å². The van der Waals surface area contributed by atoms with Gasteiger partial charge in [-0.15, -0.1) is 0 Å². The minimum Gasteiger partial charge on any atom is -0.480 e. The van der Waals surface area contributed by atoms with Gasteiger partial charge < -0.3 is 46.8 Å². The van der Waals surface area contributed by atoms with Gasteiger partial charge in [-0.2, -0.15) is 0 Å². The lowest BCUT2D eigenvalue weighted by Gasteiger charge is -2.27. The van der Waals surface area contributed by atoms with Crippen LogP contribution in [0.15, 0.2) is 0 Å². The zero-order chi connectivity index (χ0) is 29.4. The van der Waals surface area contributed by atoms with Gasteiger partial charge in [0.1, 0.15) is 30.2 Å². The normalized spacial score (nSPS) is 19.3. The highest BCUT2D eigenvalue weighted by Gasteiger charge is 2.37. The second-order valence-corrected chi connectivity index (χ2v) is 10.1. The SMILES string of the molecule is C[C@H](N)C(=O)N[C@@H](C)C(=O)N[C@@H](C)C(=O)N[C@@H](COP(=O)(O)O)C(=O)N[C@@H](C)C(=O)N1CCC[C@H]1C(=O)O. The molecule has 0 unspecified atom stereocenters. The molecule has 1 aliphatic rings. The highest BCUT2D eigenvalue weighted by atomic mass is 31.2. The Balaban J connectivity index is 2.87. The Hall–Kier alpha value is -3.11. The summed E-state index contributed by atoms with van der Waals surface area (Å²) >= 11 is 0. The number of carbonyl (C=O) groups is 6. The molecule has 18 heteroatoms. The topological polar surface area (TPSA) is 267 Å². The number of phosphoric acid groups is 1. The molecule has 0 spiro atoms. The van der Waals surface area contributed by atoms with Gasteiger partial charge in [0.2, 0.25) is 29.5 Å². The number of nitrogens with two attached hydrogens (primary N) is 1. The van der Waals surface area contributed by atoms with Gasteiger partial charge in [0.15, 0.2) is 0 Å². The van der Waals surface area contributed by atoms with Crippen molar-refractivity contribution in [1.82, 2.24) is 26.2 Å². The van der Waals surface area contributed by atoms with Gasteiger partial charge in [-0.1, -0.05) is 0 Å². The van der Waals surface area contributed by atoms with Gasteiger partial charge >= 0.3 is 13.8 Å². The maximum Gasteiger partial charge on any atom is 0.469 e. The largest absolute Gasteiger partial charge is 0.480 e. The van der Waals surface area contributed by atoms with Gasteiger partial charge in [0.25, 0.3) is 0 Å². The average Bonchev–Trinajstić information content (AvgIpc) is 3.30. The van der Waals surface area contributed by atoms with Crippen LogP contribution in [0.2, 0.25) is 0 Å². The summed E-state index contributed by atoms with van der Waals surface area (Å²) in [6, 6.07) is -7.23. The van der Waals surface area contributed by atoms with Crippen LogP contribution < -0.4 is 27.0 Å². The van der Waals surface area contributed by atoms with E-state index in [0.717, 1.165) is 4.90 Å². The molecule has 1 rings (SSSR count). The first-order valence-corrected chi connectivity index (χ1v) is 13.2. The van der Waals surface area contributed by atoms with Gasteiger partial charge in [0.05, 0.1) is 12.6 Å². The zero-order valence-corrected chi connectivity index (χ0v) is 22.3. The van der Waals surface area contributed by atoms with Crippen molar-refractivity contribution in [1.29, 1.82) is 0 Å². The summed E-state index contributed by atoms with van der Waals surface area (Å²) in [7, 11) is -5.07. The standard InChI is InChI=1S/C20H35N6O11P/c1-9(21)15(27)22-10(2)16(28)23-11(3)17(29)25-13(8-37-38(34,35)36)18(30)24-12(4)19(31)26-7-5-6-14(26)20(32)33/h9-14H,5-8,21H2,1-4H3,(H,22,27)(H,23,28)(H,24,30)(H,25,29)(H,32,33)(H2,34,35,36)/t9-,10-,11-,12-,13-,14-/m0/s1. The molecule has 0 aromatic carbocycles. The molecule has 0 aromatic rings. The number of amides is 5. The molecule has 216 valence electrons. The number of carbonyl (C=O) groups excluding carboxylic acids is 5. The van der Waals surface area contributed by atoms with Crippen LogP contribution in [-0.2, 0) is 37.9 Å². The van der Waals surface area contributed by atoms with Crippen molar-refractivity contribution < 1.29 is 52.7 Å². The summed E-state index contributed by atoms with van der Waals surface area (Å²) < 4.78 is 15.5. The van der Waals surface area contributed by atoms with E-state index in [-0.39, 0.29) is 13.0 Å². The predicted octanol–water partition coefficient (Wildman–Crippen LogP) is -3.48. The third kappa shape index (κ3) is 10.3. The minimum atomic E-state index is -5.07. The summed E-state index contributed by atoms with van der Waals surface area (Å²) in [6.07, 6.45) is 0.697. The Morgan fingerprint density at radius 1 is 0.895 bits per heavy atom. The number of nitrogens with zero attached hydrogens (tertiary/aromatic N) is 1. The summed E-state index contributed by atoms with van der Waals surface area (Å²) in [4.78, 5) is 92.5. The Kier molecular flexibility index (Phi) is 12.3. The monoisotopic (exact) mass is 566 g/mol. The van der Waals surface area contributed by atoms with Crippen LogP contribution in [0.1, 0.15) is 40.5 Å². The lowest BCUT2D eigenvalue weighted by molar-refractivity contribution is -0.149. The highest BCUT2D eigenvalue weighted by molar-refractivity contribution is 7.46. The maximum atomic E-state index is 12.8. The first-order valence-electron chi connectivity index (χ1n) is 11.6. The second-order valence-electron chi connectivity index (χ2n) is 8.85. The molecule has 6 atom stereocenters. The van der Waals surface area contributed by atoms with Gasteiger partial charge in [0, 0.05) is 6.54 Å². The Bertz CT molecular complexity index is 971. The van der Waals surface area contributed by atoms with E-state index in [0.29, 0.717) is 6.42 Å². The number of likely N-dealkylation sites (tertiary alicyclic amines) is 1. The first kappa shape index (κ1) is 32.9. The van der Waals surface area contributed by atoms with Crippen LogP contribution in [0.3, 0.4) is 0 Å². The van der Waals surface area contributed by atoms with Crippen molar-refractivity contribution in [2.75, 3.05) is 13.2 Å². The van der Waals surface area contributed by atoms with Crippen LogP contribution in [0.5, 0.6) is 0 Å². The third-order valence-corrected chi connectivity index (χ3v) is 6.00. The van der Waals surface area contributed by atoms with Crippen molar-refractivity contribution in [2.24, 2.45) is 5.73 Å². The molecular weight excluding hydrogens is 531 g/mol. The number of hydrogen-bond acceptors (Lipinski definition) is 9. The van der Waals surface area contributed by atoms with E-state index in [9.17, 15) is 38.4 Å². The molecule has 1 fully saturated rings. The fourth-order valence-electron chi connectivity index (χ4n) is 3.38. The fraction of sp³-hybridized carbons (Fsp3) is 0.700. The molecule has 1 heterocycles. The van der Waals surface area contributed by atoms with E-state index in [2.05, 4.69) is 25.8 Å². The van der Waals surface area contributed by atoms with E-state index in [1.54, 1.807) is 0 Å². The number of phosphoric ester groups is 1. The molecule has 0 aliphatic carbocycles. The highest BCUT2D eigenvalue weighted by Crippen LogP contribution is 2.35. The number of nitrogens with one attached hydrogen (secondary N) is 4. The Morgan fingerprint density at radius 3 is 1.89 bits per heavy atom. The molecule has 38 heavy (non-hydrogen) atoms. The second kappa shape index (κ2) is 14.2. The summed E-state index contributed by atoms with van der Waals surface area (Å²) in [5.74, 6) is -5.28. The molecular formula is C20H35N6O11P. The number of aliphatic carboxylic acids is 1. The van der Waals surface area contributed by atoms with E-state index in [1.165, 1.54) is 27.7 Å². The number of carboxylic acid groups (broad SMARTS) is 1. The first-order chi connectivity index (χ1) is 17.4. The summed E-state index contributed by atoms with van der Waals surface area (Å²) in [5, 5.41) is 18.4.